The van der Waals surface area contributed by atoms with E-state index in [1.807, 2.05) is 31.2 Å². The van der Waals surface area contributed by atoms with Crippen molar-refractivity contribution < 1.29 is 19.4 Å². The topological polar surface area (TPSA) is 66.8 Å². The van der Waals surface area contributed by atoms with Crippen molar-refractivity contribution in [3.05, 3.63) is 70.9 Å². The molecule has 1 N–H and O–H groups in total. The van der Waals surface area contributed by atoms with E-state index in [2.05, 4.69) is 0 Å². The lowest BCUT2D eigenvalue weighted by molar-refractivity contribution is -0.136. The van der Waals surface area contributed by atoms with Gasteiger partial charge in [-0.05, 0) is 42.3 Å². The third-order valence-electron chi connectivity index (χ3n) is 4.67. The van der Waals surface area contributed by atoms with E-state index in [1.165, 1.54) is 0 Å². The molecule has 2 aliphatic heterocycles. The molecule has 0 spiro atoms. The van der Waals surface area contributed by atoms with Gasteiger partial charge in [0.1, 0.15) is 12.4 Å². The average Bonchev–Trinajstić information content (AvgIpc) is 2.96. The van der Waals surface area contributed by atoms with Crippen LogP contribution in [0.2, 0.25) is 0 Å². The molecule has 1 atom stereocenters. The van der Waals surface area contributed by atoms with Crippen LogP contribution < -0.4 is 4.90 Å². The molecule has 1 amide bonds. The highest BCUT2D eigenvalue weighted by atomic mass is 16.5. The number of cyclic esters (lactones) is 1. The molecule has 0 aliphatic carbocycles. The second kappa shape index (κ2) is 5.77. The summed E-state index contributed by atoms with van der Waals surface area (Å²) in [6.07, 6.45) is 0.187. The van der Waals surface area contributed by atoms with E-state index in [-0.39, 0.29) is 36.6 Å². The van der Waals surface area contributed by atoms with Crippen LogP contribution in [0.25, 0.3) is 0 Å². The molecule has 2 heterocycles. The first kappa shape index (κ1) is 15.4. The summed E-state index contributed by atoms with van der Waals surface area (Å²) >= 11 is 0. The zero-order chi connectivity index (χ0) is 17.6. The minimum absolute atomic E-state index is 0.0688. The fourth-order valence-corrected chi connectivity index (χ4v) is 3.51. The van der Waals surface area contributed by atoms with Gasteiger partial charge in [-0.1, -0.05) is 24.3 Å². The zero-order valence-corrected chi connectivity index (χ0v) is 13.7. The van der Waals surface area contributed by atoms with Crippen molar-refractivity contribution in [1.29, 1.82) is 0 Å². The summed E-state index contributed by atoms with van der Waals surface area (Å²) < 4.78 is 5.25. The Morgan fingerprint density at radius 2 is 1.88 bits per heavy atom. The molecule has 0 saturated carbocycles. The first-order chi connectivity index (χ1) is 12.0. The Kier molecular flexibility index (Phi) is 3.57. The van der Waals surface area contributed by atoms with Crippen molar-refractivity contribution in [3.63, 3.8) is 0 Å². The molecular weight excluding hydrogens is 318 g/mol. The number of rotatable bonds is 2. The summed E-state index contributed by atoms with van der Waals surface area (Å²) in [5.41, 5.74) is 3.76. The number of aromatic hydroxyl groups is 1. The Bertz CT molecular complexity index is 898. The molecule has 25 heavy (non-hydrogen) atoms. The number of carbonyl (C=O) groups is 2. The van der Waals surface area contributed by atoms with E-state index >= 15 is 0 Å². The Labute approximate surface area is 145 Å². The molecule has 0 bridgehead atoms. The normalized spacial score (nSPS) is 19.9. The first-order valence-corrected chi connectivity index (χ1v) is 8.13. The van der Waals surface area contributed by atoms with E-state index in [1.54, 1.807) is 29.2 Å². The second-order valence-electron chi connectivity index (χ2n) is 6.35. The number of hydrogen-bond donors (Lipinski definition) is 1. The molecular formula is C20H17NO4. The number of phenolic OH excluding ortho intramolecular Hbond substituents is 1. The lowest BCUT2D eigenvalue weighted by Gasteiger charge is -2.32. The van der Waals surface area contributed by atoms with Crippen LogP contribution in [-0.2, 0) is 14.3 Å². The van der Waals surface area contributed by atoms with Crippen LogP contribution in [0.1, 0.15) is 23.5 Å². The number of esters is 1. The summed E-state index contributed by atoms with van der Waals surface area (Å²) in [4.78, 5) is 26.8. The van der Waals surface area contributed by atoms with Gasteiger partial charge in [-0.15, -0.1) is 0 Å². The Balaban J connectivity index is 1.83. The minimum Gasteiger partial charge on any atom is -0.508 e. The molecule has 5 heteroatoms. The van der Waals surface area contributed by atoms with Crippen molar-refractivity contribution in [3.8, 4) is 5.75 Å². The summed E-state index contributed by atoms with van der Waals surface area (Å²) in [7, 11) is 0. The van der Waals surface area contributed by atoms with E-state index < -0.39 is 0 Å². The fraction of sp³-hybridized carbons (Fsp3) is 0.200. The molecule has 1 unspecified atom stereocenters. The highest BCUT2D eigenvalue weighted by Crippen LogP contribution is 2.42. The van der Waals surface area contributed by atoms with Gasteiger partial charge in [0.2, 0.25) is 5.91 Å². The molecule has 4 rings (SSSR count). The summed E-state index contributed by atoms with van der Waals surface area (Å²) in [6, 6.07) is 14.2. The van der Waals surface area contributed by atoms with Gasteiger partial charge < -0.3 is 9.84 Å². The number of aryl methyl sites for hydroxylation is 1. The van der Waals surface area contributed by atoms with E-state index in [9.17, 15) is 14.7 Å². The zero-order valence-electron chi connectivity index (χ0n) is 13.7. The standard InChI is InChI=1S/C20H17NO4/c1-12-3-2-4-14(9-12)21-17-11-25-20(24)19(17)16(10-18(21)23)13-5-7-15(22)8-6-13/h2-9,16,22H,10-11H2,1H3. The predicted octanol–water partition coefficient (Wildman–Crippen LogP) is 3.03. The molecule has 5 nitrogen and oxygen atoms in total. The maximum absolute atomic E-state index is 12.9. The highest BCUT2D eigenvalue weighted by Gasteiger charge is 2.42. The van der Waals surface area contributed by atoms with Crippen LogP contribution in [-0.4, -0.2) is 23.6 Å². The smallest absolute Gasteiger partial charge is 0.336 e. The maximum atomic E-state index is 12.9. The fourth-order valence-electron chi connectivity index (χ4n) is 3.51. The van der Waals surface area contributed by atoms with E-state index in [4.69, 9.17) is 4.74 Å². The van der Waals surface area contributed by atoms with Crippen molar-refractivity contribution in [2.45, 2.75) is 19.3 Å². The van der Waals surface area contributed by atoms with E-state index in [0.29, 0.717) is 11.3 Å². The number of nitrogens with zero attached hydrogens (tertiary/aromatic N) is 1. The number of hydrogen-bond acceptors (Lipinski definition) is 4. The van der Waals surface area contributed by atoms with Crippen LogP contribution in [0.15, 0.2) is 59.8 Å². The summed E-state index contributed by atoms with van der Waals surface area (Å²) in [5, 5.41) is 9.48. The molecule has 2 aliphatic rings. The number of carbonyl (C=O) groups excluding carboxylic acids is 2. The SMILES string of the molecule is Cc1cccc(N2C(=O)CC(c3ccc(O)cc3)C3=C2COC3=O)c1. The lowest BCUT2D eigenvalue weighted by Crippen LogP contribution is -2.37. The molecule has 0 fully saturated rings. The van der Waals surface area contributed by atoms with Crippen molar-refractivity contribution in [1.82, 2.24) is 0 Å². The van der Waals surface area contributed by atoms with Crippen molar-refractivity contribution in [2.75, 3.05) is 11.5 Å². The van der Waals surface area contributed by atoms with Crippen LogP contribution in [0.4, 0.5) is 5.69 Å². The average molecular weight is 335 g/mol. The largest absolute Gasteiger partial charge is 0.508 e. The van der Waals surface area contributed by atoms with Crippen molar-refractivity contribution in [2.24, 2.45) is 0 Å². The monoisotopic (exact) mass is 335 g/mol. The number of anilines is 1. The van der Waals surface area contributed by atoms with E-state index in [0.717, 1.165) is 16.8 Å². The summed E-state index contributed by atoms with van der Waals surface area (Å²) in [6.45, 7) is 2.06. The van der Waals surface area contributed by atoms with Gasteiger partial charge in [0, 0.05) is 18.0 Å². The number of phenols is 1. The van der Waals surface area contributed by atoms with Crippen molar-refractivity contribution >= 4 is 17.6 Å². The van der Waals surface area contributed by atoms with Gasteiger partial charge in [0.25, 0.3) is 0 Å². The van der Waals surface area contributed by atoms with Crippen LogP contribution in [0, 0.1) is 6.92 Å². The predicted molar refractivity (Wildman–Crippen MR) is 92.1 cm³/mol. The van der Waals surface area contributed by atoms with Gasteiger partial charge in [-0.25, -0.2) is 4.79 Å². The Hall–Kier alpha value is -3.08. The van der Waals surface area contributed by atoms with Gasteiger partial charge in [-0.2, -0.15) is 0 Å². The molecule has 126 valence electrons. The number of benzene rings is 2. The van der Waals surface area contributed by atoms with Crippen LogP contribution in [0.5, 0.6) is 5.75 Å². The molecule has 2 aromatic carbocycles. The maximum Gasteiger partial charge on any atom is 0.336 e. The van der Waals surface area contributed by atoms with Crippen LogP contribution in [0.3, 0.4) is 0 Å². The molecule has 0 radical (unpaired) electrons. The third kappa shape index (κ3) is 2.58. The van der Waals surface area contributed by atoms with Gasteiger partial charge in [0.15, 0.2) is 0 Å². The summed E-state index contributed by atoms with van der Waals surface area (Å²) in [5.74, 6) is -0.645. The second-order valence-corrected chi connectivity index (χ2v) is 6.35. The lowest BCUT2D eigenvalue weighted by atomic mass is 9.84. The molecule has 0 aromatic heterocycles. The highest BCUT2D eigenvalue weighted by molar-refractivity contribution is 6.06. The Morgan fingerprint density at radius 3 is 2.60 bits per heavy atom. The van der Waals surface area contributed by atoms with Gasteiger partial charge >= 0.3 is 5.97 Å². The first-order valence-electron chi connectivity index (χ1n) is 8.13. The van der Waals surface area contributed by atoms with Crippen LogP contribution >= 0.6 is 0 Å². The van der Waals surface area contributed by atoms with Gasteiger partial charge in [0.05, 0.1) is 11.3 Å². The molecule has 0 saturated heterocycles. The molecule has 2 aromatic rings. The quantitative estimate of drug-likeness (QED) is 0.857. The minimum atomic E-state index is -0.377. The number of ether oxygens (including phenoxy) is 1. The Morgan fingerprint density at radius 1 is 1.12 bits per heavy atom. The third-order valence-corrected chi connectivity index (χ3v) is 4.67. The number of amides is 1. The van der Waals surface area contributed by atoms with Gasteiger partial charge in [-0.3, -0.25) is 9.69 Å².